The van der Waals surface area contributed by atoms with Crippen molar-refractivity contribution in [1.82, 2.24) is 0 Å². The highest BCUT2D eigenvalue weighted by atomic mass is 35.5. The zero-order chi connectivity index (χ0) is 10.6. The third-order valence-corrected chi connectivity index (χ3v) is 2.08. The molecule has 1 aromatic carbocycles. The first kappa shape index (κ1) is 11.0. The van der Waals surface area contributed by atoms with Crippen molar-refractivity contribution in [3.05, 3.63) is 29.6 Å². The Bertz CT molecular complexity index is 341. The summed E-state index contributed by atoms with van der Waals surface area (Å²) in [6.45, 7) is 1.94. The Morgan fingerprint density at radius 2 is 2.29 bits per heavy atom. The molecule has 1 rings (SSSR count). The van der Waals surface area contributed by atoms with Crippen molar-refractivity contribution in [3.8, 4) is 0 Å². The zero-order valence-electron chi connectivity index (χ0n) is 7.81. The Labute approximate surface area is 87.1 Å². The summed E-state index contributed by atoms with van der Waals surface area (Å²) < 4.78 is 13.3. The van der Waals surface area contributed by atoms with Crippen LogP contribution in [0.1, 0.15) is 12.5 Å². The van der Waals surface area contributed by atoms with Gasteiger partial charge in [0.05, 0.1) is 5.69 Å². The van der Waals surface area contributed by atoms with E-state index in [0.717, 1.165) is 12.0 Å². The van der Waals surface area contributed by atoms with Crippen molar-refractivity contribution in [3.63, 3.8) is 0 Å². The number of alkyl halides is 1. The predicted octanol–water partition coefficient (Wildman–Crippen LogP) is 2.57. The van der Waals surface area contributed by atoms with Gasteiger partial charge in [-0.25, -0.2) is 4.39 Å². The summed E-state index contributed by atoms with van der Waals surface area (Å²) in [6, 6.07) is 4.72. The molecule has 1 aromatic rings. The van der Waals surface area contributed by atoms with Crippen molar-refractivity contribution in [1.29, 1.82) is 0 Å². The van der Waals surface area contributed by atoms with Crippen LogP contribution >= 0.6 is 11.6 Å². The number of benzene rings is 1. The normalized spacial score (nSPS) is 9.93. The number of carbonyl (C=O) groups excluding carboxylic acids is 1. The second-order valence-electron chi connectivity index (χ2n) is 2.85. The number of nitrogens with one attached hydrogen (secondary N) is 1. The minimum atomic E-state index is -0.428. The number of halogens is 2. The first-order chi connectivity index (χ1) is 6.67. The maximum Gasteiger partial charge on any atom is 0.239 e. The predicted molar refractivity (Wildman–Crippen MR) is 55.1 cm³/mol. The van der Waals surface area contributed by atoms with Gasteiger partial charge in [0.2, 0.25) is 5.91 Å². The number of aryl methyl sites for hydroxylation is 1. The maximum atomic E-state index is 13.3. The van der Waals surface area contributed by atoms with Gasteiger partial charge in [-0.3, -0.25) is 4.79 Å². The van der Waals surface area contributed by atoms with E-state index in [2.05, 4.69) is 5.32 Å². The van der Waals surface area contributed by atoms with Gasteiger partial charge in [-0.15, -0.1) is 11.6 Å². The fraction of sp³-hybridized carbons (Fsp3) is 0.300. The van der Waals surface area contributed by atoms with Crippen LogP contribution in [0.25, 0.3) is 0 Å². The van der Waals surface area contributed by atoms with Crippen LogP contribution in [0.15, 0.2) is 18.2 Å². The highest BCUT2D eigenvalue weighted by Crippen LogP contribution is 2.15. The van der Waals surface area contributed by atoms with Crippen LogP contribution in [0.2, 0.25) is 0 Å². The summed E-state index contributed by atoms with van der Waals surface area (Å²) in [6.07, 6.45) is 0.765. The summed E-state index contributed by atoms with van der Waals surface area (Å²) in [7, 11) is 0. The van der Waals surface area contributed by atoms with Crippen LogP contribution in [0.5, 0.6) is 0 Å². The van der Waals surface area contributed by atoms with Gasteiger partial charge in [0.15, 0.2) is 0 Å². The molecule has 0 radical (unpaired) electrons. The molecular formula is C10H11ClFNO. The topological polar surface area (TPSA) is 29.1 Å². The van der Waals surface area contributed by atoms with E-state index in [-0.39, 0.29) is 11.6 Å². The van der Waals surface area contributed by atoms with Gasteiger partial charge in [-0.2, -0.15) is 0 Å². The van der Waals surface area contributed by atoms with Gasteiger partial charge in [-0.1, -0.05) is 13.0 Å². The maximum absolute atomic E-state index is 13.3. The molecule has 0 atom stereocenters. The molecule has 2 nitrogen and oxygen atoms in total. The van der Waals surface area contributed by atoms with Gasteiger partial charge < -0.3 is 5.32 Å². The highest BCUT2D eigenvalue weighted by Gasteiger charge is 2.05. The first-order valence-electron chi connectivity index (χ1n) is 4.31. The van der Waals surface area contributed by atoms with Gasteiger partial charge in [0.25, 0.3) is 0 Å². The molecule has 0 aromatic heterocycles. The van der Waals surface area contributed by atoms with Crippen molar-refractivity contribution in [2.24, 2.45) is 0 Å². The molecule has 4 heteroatoms. The molecule has 0 aliphatic carbocycles. The number of anilines is 1. The summed E-state index contributed by atoms with van der Waals surface area (Å²) in [5, 5.41) is 2.37. The van der Waals surface area contributed by atoms with Crippen LogP contribution in [-0.2, 0) is 11.2 Å². The molecule has 1 N–H and O–H groups in total. The van der Waals surface area contributed by atoms with Crippen molar-refractivity contribution in [2.75, 3.05) is 11.2 Å². The summed E-state index contributed by atoms with van der Waals surface area (Å²) in [5.41, 5.74) is 1.07. The number of amides is 1. The van der Waals surface area contributed by atoms with E-state index in [4.69, 9.17) is 11.6 Å². The molecule has 0 bridgehead atoms. The quantitative estimate of drug-likeness (QED) is 0.772. The van der Waals surface area contributed by atoms with Gasteiger partial charge in [0, 0.05) is 0 Å². The lowest BCUT2D eigenvalue weighted by Crippen LogP contribution is -2.13. The number of hydrogen-bond acceptors (Lipinski definition) is 1. The molecule has 0 spiro atoms. The van der Waals surface area contributed by atoms with E-state index in [1.165, 1.54) is 6.07 Å². The highest BCUT2D eigenvalue weighted by molar-refractivity contribution is 6.29. The molecule has 0 heterocycles. The summed E-state index contributed by atoms with van der Waals surface area (Å²) in [4.78, 5) is 10.9. The average Bonchev–Trinajstić information content (AvgIpc) is 2.20. The molecular weight excluding hydrogens is 205 g/mol. The third kappa shape index (κ3) is 2.70. The largest absolute Gasteiger partial charge is 0.323 e. The first-order valence-corrected chi connectivity index (χ1v) is 4.85. The van der Waals surface area contributed by atoms with E-state index < -0.39 is 11.7 Å². The zero-order valence-corrected chi connectivity index (χ0v) is 8.57. The SMILES string of the molecule is CCc1ccc(NC(=O)CCl)c(F)c1. The summed E-state index contributed by atoms with van der Waals surface area (Å²) in [5.74, 6) is -1.01. The molecule has 0 saturated heterocycles. The molecule has 0 fully saturated rings. The molecule has 76 valence electrons. The van der Waals surface area contributed by atoms with Gasteiger partial charge in [0.1, 0.15) is 11.7 Å². The lowest BCUT2D eigenvalue weighted by molar-refractivity contribution is -0.113. The average molecular weight is 216 g/mol. The number of rotatable bonds is 3. The molecule has 1 amide bonds. The van der Waals surface area contributed by atoms with Crippen LogP contribution in [0.4, 0.5) is 10.1 Å². The van der Waals surface area contributed by atoms with Crippen molar-refractivity contribution < 1.29 is 9.18 Å². The van der Waals surface area contributed by atoms with E-state index in [1.807, 2.05) is 6.92 Å². The third-order valence-electron chi connectivity index (χ3n) is 1.84. The molecule has 0 unspecified atom stereocenters. The summed E-state index contributed by atoms with van der Waals surface area (Å²) >= 11 is 5.28. The fourth-order valence-corrected chi connectivity index (χ4v) is 1.13. The van der Waals surface area contributed by atoms with Crippen LogP contribution < -0.4 is 5.32 Å². The van der Waals surface area contributed by atoms with E-state index >= 15 is 0 Å². The lowest BCUT2D eigenvalue weighted by atomic mass is 10.1. The Morgan fingerprint density at radius 3 is 2.79 bits per heavy atom. The Kier molecular flexibility index (Phi) is 3.89. The minimum absolute atomic E-state index is 0.172. The number of hydrogen-bond donors (Lipinski definition) is 1. The van der Waals surface area contributed by atoms with Crippen molar-refractivity contribution >= 4 is 23.2 Å². The molecule has 0 saturated carbocycles. The lowest BCUT2D eigenvalue weighted by Gasteiger charge is -2.05. The van der Waals surface area contributed by atoms with Crippen molar-refractivity contribution in [2.45, 2.75) is 13.3 Å². The Morgan fingerprint density at radius 1 is 1.57 bits per heavy atom. The van der Waals surface area contributed by atoms with E-state index in [0.29, 0.717) is 0 Å². The van der Waals surface area contributed by atoms with Crippen LogP contribution in [-0.4, -0.2) is 11.8 Å². The second-order valence-corrected chi connectivity index (χ2v) is 3.12. The molecule has 0 aliphatic rings. The monoisotopic (exact) mass is 215 g/mol. The van der Waals surface area contributed by atoms with E-state index in [9.17, 15) is 9.18 Å². The van der Waals surface area contributed by atoms with Crippen LogP contribution in [0, 0.1) is 5.82 Å². The standard InChI is InChI=1S/C10H11ClFNO/c1-2-7-3-4-9(8(12)5-7)13-10(14)6-11/h3-5H,2,6H2,1H3,(H,13,14). The second kappa shape index (κ2) is 4.96. The molecule has 14 heavy (non-hydrogen) atoms. The minimum Gasteiger partial charge on any atom is -0.323 e. The Hall–Kier alpha value is -1.09. The Balaban J connectivity index is 2.83. The smallest absolute Gasteiger partial charge is 0.239 e. The fourth-order valence-electron chi connectivity index (χ4n) is 1.06. The van der Waals surface area contributed by atoms with Crippen LogP contribution in [0.3, 0.4) is 0 Å². The van der Waals surface area contributed by atoms with Gasteiger partial charge >= 0.3 is 0 Å². The van der Waals surface area contributed by atoms with Gasteiger partial charge in [-0.05, 0) is 24.1 Å². The number of carbonyl (C=O) groups is 1. The molecule has 0 aliphatic heterocycles. The van der Waals surface area contributed by atoms with E-state index in [1.54, 1.807) is 12.1 Å².